The molecule has 5 aliphatic rings. The van der Waals surface area contributed by atoms with Crippen molar-refractivity contribution >= 4 is 28.7 Å². The van der Waals surface area contributed by atoms with Crippen LogP contribution in [0.3, 0.4) is 0 Å². The summed E-state index contributed by atoms with van der Waals surface area (Å²) >= 11 is 0. The fraction of sp³-hybridized carbons (Fsp3) is 0.667. The van der Waals surface area contributed by atoms with Crippen LogP contribution in [0.5, 0.6) is 0 Å². The number of nitrogens with zero attached hydrogens (tertiary/aromatic N) is 2. The lowest BCUT2D eigenvalue weighted by Gasteiger charge is -2.39. The van der Waals surface area contributed by atoms with Gasteiger partial charge in [-0.25, -0.2) is 14.0 Å². The second-order valence-corrected chi connectivity index (χ2v) is 14.6. The molecule has 1 aliphatic carbocycles. The highest BCUT2D eigenvalue weighted by Crippen LogP contribution is 2.43. The number of ether oxygens (including phenoxy) is 3. The molecule has 5 heterocycles. The van der Waals surface area contributed by atoms with Crippen LogP contribution < -0.4 is 26.7 Å². The number of aromatic nitrogens is 1. The van der Waals surface area contributed by atoms with Gasteiger partial charge in [0.25, 0.3) is 0 Å². The first-order valence-electron chi connectivity index (χ1n) is 16.2. The molecule has 46 heavy (non-hydrogen) atoms. The molecule has 1 amide bonds. The molecule has 5 N–H and O–H groups in total. The Bertz CT molecular complexity index is 1580. The molecule has 1 aromatic heterocycles. The molecule has 2 aromatic rings. The molecule has 252 valence electrons. The van der Waals surface area contributed by atoms with Crippen LogP contribution in [0.15, 0.2) is 23.1 Å². The number of hydrogen-bond acceptors (Lipinski definition) is 9. The number of halogens is 1. The van der Waals surface area contributed by atoms with E-state index in [1.807, 2.05) is 33.8 Å². The third-order valence-corrected chi connectivity index (χ3v) is 10.2. The van der Waals surface area contributed by atoms with E-state index in [2.05, 4.69) is 15.5 Å². The van der Waals surface area contributed by atoms with Crippen LogP contribution in [0.2, 0.25) is 0 Å². The molecular weight excluding hydrogens is 597 g/mol. The topological polar surface area (TPSA) is 157 Å². The number of rotatable bonds is 4. The number of hydrogen-bond donors (Lipinski definition) is 4. The average molecular weight is 644 g/mol. The number of alkyl carbamates (subject to hydrolysis) is 1. The first-order chi connectivity index (χ1) is 21.7. The number of aryl methyl sites for hydroxylation is 1. The Morgan fingerprint density at radius 2 is 1.87 bits per heavy atom. The van der Waals surface area contributed by atoms with Crippen molar-refractivity contribution in [1.82, 2.24) is 15.2 Å². The maximum atomic E-state index is 13.9. The maximum absolute atomic E-state index is 13.9. The molecular formula is C33H46FN5O7. The van der Waals surface area contributed by atoms with E-state index < -0.39 is 29.2 Å². The van der Waals surface area contributed by atoms with Gasteiger partial charge in [-0.1, -0.05) is 0 Å². The lowest BCUT2D eigenvalue weighted by molar-refractivity contribution is -0.00166. The van der Waals surface area contributed by atoms with Crippen LogP contribution in [-0.2, 0) is 14.2 Å². The van der Waals surface area contributed by atoms with Gasteiger partial charge in [0.05, 0.1) is 30.3 Å². The maximum Gasteiger partial charge on any atom is 0.408 e. The second-order valence-electron chi connectivity index (χ2n) is 14.6. The number of carboxylic acids is 1. The van der Waals surface area contributed by atoms with Gasteiger partial charge in [0.15, 0.2) is 0 Å². The fourth-order valence-corrected chi connectivity index (χ4v) is 7.49. The molecule has 0 radical (unpaired) electrons. The standard InChI is InChI=1S/C21H24FN3O4.C12H22N2O3/c1-11-16(24-7-12-9-29-5-4-21(12,23)10-24)3-2-13-18(11)25(17-6-15(17)22)8-14(19(13)26)20(27)28;1-11(2,3)17-10(15)14-12-4-5-16-7-9(12)6-13-8-12/h2-3,8,12,15,17H,4-7,9-10,23H2,1H3,(H,27,28);9,13H,4-8H2,1-3H3,(H,14,15)/t12-,15+,17-,21-;9-,12-/m11/s1. The van der Waals surface area contributed by atoms with E-state index in [4.69, 9.17) is 19.9 Å². The predicted molar refractivity (Wildman–Crippen MR) is 170 cm³/mol. The number of carbonyl (C=O) groups excluding carboxylic acids is 1. The van der Waals surface area contributed by atoms with Gasteiger partial charge in [0.1, 0.15) is 17.3 Å². The molecule has 5 fully saturated rings. The van der Waals surface area contributed by atoms with E-state index in [1.165, 1.54) is 6.20 Å². The van der Waals surface area contributed by atoms with Gasteiger partial charge >= 0.3 is 12.1 Å². The smallest absolute Gasteiger partial charge is 0.408 e. The van der Waals surface area contributed by atoms with Gasteiger partial charge in [0.2, 0.25) is 5.43 Å². The van der Waals surface area contributed by atoms with Gasteiger partial charge in [-0.3, -0.25) is 4.79 Å². The monoisotopic (exact) mass is 643 g/mol. The number of nitrogens with two attached hydrogens (primary N) is 1. The van der Waals surface area contributed by atoms with E-state index >= 15 is 0 Å². The zero-order chi connectivity index (χ0) is 33.0. The summed E-state index contributed by atoms with van der Waals surface area (Å²) in [5.41, 5.74) is 7.26. The molecule has 7 rings (SSSR count). The van der Waals surface area contributed by atoms with E-state index in [0.717, 1.165) is 43.7 Å². The second kappa shape index (κ2) is 12.1. The Labute approximate surface area is 267 Å². The van der Waals surface area contributed by atoms with E-state index in [0.29, 0.717) is 56.2 Å². The Morgan fingerprint density at radius 3 is 2.52 bits per heavy atom. The Morgan fingerprint density at radius 1 is 1.17 bits per heavy atom. The van der Waals surface area contributed by atoms with Gasteiger partial charge in [-0.2, -0.15) is 0 Å². The van der Waals surface area contributed by atoms with Crippen molar-refractivity contribution in [3.05, 3.63) is 39.7 Å². The Hall–Kier alpha value is -3.26. The third kappa shape index (κ3) is 6.22. The van der Waals surface area contributed by atoms with Gasteiger partial charge < -0.3 is 45.2 Å². The number of amides is 1. The van der Waals surface area contributed by atoms with Crippen LogP contribution in [0, 0.1) is 18.8 Å². The minimum absolute atomic E-state index is 0.180. The van der Waals surface area contributed by atoms with Crippen molar-refractivity contribution in [3.8, 4) is 0 Å². The van der Waals surface area contributed by atoms with Gasteiger partial charge in [-0.15, -0.1) is 0 Å². The summed E-state index contributed by atoms with van der Waals surface area (Å²) in [7, 11) is 0. The highest BCUT2D eigenvalue weighted by atomic mass is 19.1. The van der Waals surface area contributed by atoms with Crippen LogP contribution in [-0.4, -0.2) is 97.2 Å². The van der Waals surface area contributed by atoms with Crippen LogP contribution >= 0.6 is 0 Å². The summed E-state index contributed by atoms with van der Waals surface area (Å²) in [6, 6.07) is 3.09. The third-order valence-electron chi connectivity index (χ3n) is 10.2. The Kier molecular flexibility index (Phi) is 8.58. The quantitative estimate of drug-likeness (QED) is 0.391. The van der Waals surface area contributed by atoms with Crippen LogP contribution in [0.25, 0.3) is 10.9 Å². The lowest BCUT2D eigenvalue weighted by atomic mass is 9.83. The van der Waals surface area contributed by atoms with Crippen molar-refractivity contribution in [3.63, 3.8) is 0 Å². The summed E-state index contributed by atoms with van der Waals surface area (Å²) in [4.78, 5) is 38.4. The first-order valence-corrected chi connectivity index (χ1v) is 16.2. The minimum atomic E-state index is -1.29. The van der Waals surface area contributed by atoms with Gasteiger partial charge in [-0.05, 0) is 58.2 Å². The normalized spacial score (nSPS) is 31.8. The summed E-state index contributed by atoms with van der Waals surface area (Å²) < 4.78 is 32.0. The van der Waals surface area contributed by atoms with Crippen molar-refractivity contribution in [1.29, 1.82) is 0 Å². The number of carbonyl (C=O) groups is 2. The van der Waals surface area contributed by atoms with Crippen molar-refractivity contribution in [2.75, 3.05) is 57.5 Å². The predicted octanol–water partition coefficient (Wildman–Crippen LogP) is 2.73. The molecule has 0 bridgehead atoms. The van der Waals surface area contributed by atoms with Crippen LogP contribution in [0.1, 0.15) is 62.0 Å². The summed E-state index contributed by atoms with van der Waals surface area (Å²) in [5, 5.41) is 16.1. The van der Waals surface area contributed by atoms with Crippen molar-refractivity contribution < 1.29 is 33.3 Å². The highest BCUT2D eigenvalue weighted by Gasteiger charge is 2.48. The summed E-state index contributed by atoms with van der Waals surface area (Å²) in [5.74, 6) is -0.706. The number of nitrogens with one attached hydrogen (secondary N) is 2. The minimum Gasteiger partial charge on any atom is -0.477 e. The molecule has 1 aromatic carbocycles. The van der Waals surface area contributed by atoms with E-state index in [1.54, 1.807) is 10.6 Å². The molecule has 4 aliphatic heterocycles. The number of carboxylic acid groups (broad SMARTS) is 1. The number of fused-ring (bicyclic) bond motifs is 3. The number of benzene rings is 1. The zero-order valence-electron chi connectivity index (χ0n) is 27.1. The molecule has 13 heteroatoms. The highest BCUT2D eigenvalue weighted by molar-refractivity contribution is 5.95. The number of pyridine rings is 1. The van der Waals surface area contributed by atoms with Gasteiger partial charge in [0, 0.05) is 80.5 Å². The fourth-order valence-electron chi connectivity index (χ4n) is 7.49. The van der Waals surface area contributed by atoms with E-state index in [-0.39, 0.29) is 28.7 Å². The number of aromatic carboxylic acids is 1. The zero-order valence-corrected chi connectivity index (χ0v) is 27.1. The van der Waals surface area contributed by atoms with Crippen molar-refractivity contribution in [2.45, 2.75) is 75.8 Å². The number of alkyl halides is 1. The van der Waals surface area contributed by atoms with Crippen molar-refractivity contribution in [2.24, 2.45) is 17.6 Å². The van der Waals surface area contributed by atoms with E-state index in [9.17, 15) is 23.9 Å². The first kappa shape index (κ1) is 32.7. The number of anilines is 1. The molecule has 1 saturated carbocycles. The largest absolute Gasteiger partial charge is 0.477 e. The average Bonchev–Trinajstić information content (AvgIpc) is 3.38. The lowest BCUT2D eigenvalue weighted by Crippen LogP contribution is -2.58. The van der Waals surface area contributed by atoms with Crippen LogP contribution in [0.4, 0.5) is 14.9 Å². The molecule has 4 saturated heterocycles. The molecule has 6 atom stereocenters. The molecule has 0 spiro atoms. The summed E-state index contributed by atoms with van der Waals surface area (Å²) in [6.45, 7) is 13.4. The Balaban J connectivity index is 0.000000187. The summed E-state index contributed by atoms with van der Waals surface area (Å²) in [6.07, 6.45) is 1.94. The SMILES string of the molecule is CC(C)(C)OC(=O)N[C@@]12CCOC[C@H]1CNC2.Cc1c(N2C[C@@H]3COCC[C@@]3(N)C2)ccc2c(=O)c(C(=O)O)cn([C@@H]3C[C@@H]3F)c12. The molecule has 0 unspecified atom stereocenters. The molecule has 12 nitrogen and oxygen atoms in total.